The quantitative estimate of drug-likeness (QED) is 0.434. The fourth-order valence-electron chi connectivity index (χ4n) is 4.57. The van der Waals surface area contributed by atoms with E-state index in [-0.39, 0.29) is 6.10 Å². The highest BCUT2D eigenvalue weighted by atomic mass is 35.5. The van der Waals surface area contributed by atoms with E-state index in [2.05, 4.69) is 34.1 Å². The van der Waals surface area contributed by atoms with Crippen molar-refractivity contribution in [2.45, 2.75) is 18.8 Å². The number of hydrogen-bond donors (Lipinski definition) is 1. The molecular formula is C27H29Cl2N3O3. The SMILES string of the molecule is C[C@@]1(c2ccc(Cl)cc2Cl)OC[C@@H](COc2ccc(N3CCN(c4ccc(N)cc4)CC3)cc2)O1. The van der Waals surface area contributed by atoms with E-state index in [9.17, 15) is 0 Å². The first-order valence-corrected chi connectivity index (χ1v) is 12.5. The van der Waals surface area contributed by atoms with Gasteiger partial charge in [0.05, 0.1) is 11.6 Å². The third-order valence-corrected chi connectivity index (χ3v) is 7.08. The maximum absolute atomic E-state index is 6.36. The average Bonchev–Trinajstić information content (AvgIpc) is 3.25. The Labute approximate surface area is 216 Å². The summed E-state index contributed by atoms with van der Waals surface area (Å²) in [4.78, 5) is 4.79. The molecule has 2 saturated heterocycles. The van der Waals surface area contributed by atoms with Crippen LogP contribution in [0.15, 0.2) is 66.7 Å². The van der Waals surface area contributed by atoms with E-state index in [1.54, 1.807) is 12.1 Å². The van der Waals surface area contributed by atoms with Crippen molar-refractivity contribution >= 4 is 40.3 Å². The van der Waals surface area contributed by atoms with Crippen LogP contribution in [0.2, 0.25) is 10.0 Å². The second-order valence-corrected chi connectivity index (χ2v) is 9.83. The van der Waals surface area contributed by atoms with Gasteiger partial charge in [-0.05, 0) is 67.6 Å². The fraction of sp³-hybridized carbons (Fsp3) is 0.333. The van der Waals surface area contributed by atoms with Gasteiger partial charge >= 0.3 is 0 Å². The molecule has 0 saturated carbocycles. The van der Waals surface area contributed by atoms with Crippen LogP contribution in [0.4, 0.5) is 17.1 Å². The number of anilines is 3. The van der Waals surface area contributed by atoms with Gasteiger partial charge in [-0.2, -0.15) is 0 Å². The lowest BCUT2D eigenvalue weighted by atomic mass is 10.1. The van der Waals surface area contributed by atoms with Gasteiger partial charge in [-0.15, -0.1) is 0 Å². The lowest BCUT2D eigenvalue weighted by Crippen LogP contribution is -2.46. The van der Waals surface area contributed by atoms with Crippen LogP contribution >= 0.6 is 23.2 Å². The van der Waals surface area contributed by atoms with Crippen LogP contribution in [-0.2, 0) is 15.3 Å². The summed E-state index contributed by atoms with van der Waals surface area (Å²) < 4.78 is 18.1. The Morgan fingerprint density at radius 2 is 1.51 bits per heavy atom. The number of nitrogens with zero attached hydrogens (tertiary/aromatic N) is 2. The molecule has 184 valence electrons. The summed E-state index contributed by atoms with van der Waals surface area (Å²) in [6, 6.07) is 21.6. The highest BCUT2D eigenvalue weighted by molar-refractivity contribution is 6.35. The number of rotatable bonds is 6. The Morgan fingerprint density at radius 1 is 0.914 bits per heavy atom. The molecule has 0 radical (unpaired) electrons. The molecule has 8 heteroatoms. The van der Waals surface area contributed by atoms with Crippen LogP contribution in [0.3, 0.4) is 0 Å². The highest BCUT2D eigenvalue weighted by Crippen LogP contribution is 2.38. The Hall–Kier alpha value is -2.64. The fourth-order valence-corrected chi connectivity index (χ4v) is 5.15. The second-order valence-electron chi connectivity index (χ2n) is 8.99. The molecule has 35 heavy (non-hydrogen) atoms. The van der Waals surface area contributed by atoms with Gasteiger partial charge in [0.15, 0.2) is 5.79 Å². The lowest BCUT2D eigenvalue weighted by molar-refractivity contribution is -0.164. The number of nitrogens with two attached hydrogens (primary N) is 1. The molecule has 0 spiro atoms. The lowest BCUT2D eigenvalue weighted by Gasteiger charge is -2.37. The molecule has 3 aromatic carbocycles. The van der Waals surface area contributed by atoms with E-state index in [4.69, 9.17) is 43.1 Å². The van der Waals surface area contributed by atoms with Gasteiger partial charge in [-0.1, -0.05) is 29.3 Å². The van der Waals surface area contributed by atoms with Crippen molar-refractivity contribution in [2.75, 3.05) is 54.9 Å². The number of hydrogen-bond acceptors (Lipinski definition) is 6. The Morgan fingerprint density at radius 3 is 2.11 bits per heavy atom. The summed E-state index contributed by atoms with van der Waals surface area (Å²) in [5, 5.41) is 1.10. The third-order valence-electron chi connectivity index (χ3n) is 6.53. The minimum Gasteiger partial charge on any atom is -0.491 e. The molecule has 2 heterocycles. The molecule has 5 rings (SSSR count). The standard InChI is InChI=1S/C27H29Cl2N3O3/c1-27(25-11-2-19(28)16-26(25)29)34-18-24(35-27)17-33-23-9-7-22(8-10-23)32-14-12-31(13-15-32)21-5-3-20(30)4-6-21/h2-11,16,24H,12-15,17-18,30H2,1H3/t24-,27-/m1/s1. The van der Waals surface area contributed by atoms with Crippen molar-refractivity contribution < 1.29 is 14.2 Å². The molecular weight excluding hydrogens is 485 g/mol. The number of piperazine rings is 1. The largest absolute Gasteiger partial charge is 0.491 e. The van der Waals surface area contributed by atoms with Crippen molar-refractivity contribution in [3.63, 3.8) is 0 Å². The Bertz CT molecular complexity index is 1150. The van der Waals surface area contributed by atoms with E-state index >= 15 is 0 Å². The van der Waals surface area contributed by atoms with Crippen molar-refractivity contribution in [1.82, 2.24) is 0 Å². The zero-order valence-corrected chi connectivity index (χ0v) is 21.1. The molecule has 2 aliphatic rings. The molecule has 0 bridgehead atoms. The maximum Gasteiger partial charge on any atom is 0.194 e. The van der Waals surface area contributed by atoms with Gasteiger partial charge in [0.1, 0.15) is 18.5 Å². The van der Waals surface area contributed by atoms with Crippen LogP contribution in [0.1, 0.15) is 12.5 Å². The van der Waals surface area contributed by atoms with Crippen molar-refractivity contribution in [3.05, 3.63) is 82.3 Å². The second kappa shape index (κ2) is 10.2. The summed E-state index contributed by atoms with van der Waals surface area (Å²) in [5.41, 5.74) is 9.77. The predicted octanol–water partition coefficient (Wildman–Crippen LogP) is 5.57. The molecule has 0 aliphatic carbocycles. The highest BCUT2D eigenvalue weighted by Gasteiger charge is 2.40. The first-order valence-electron chi connectivity index (χ1n) is 11.8. The minimum atomic E-state index is -0.923. The van der Waals surface area contributed by atoms with E-state index in [0.29, 0.717) is 23.3 Å². The monoisotopic (exact) mass is 513 g/mol. The molecule has 2 N–H and O–H groups in total. The zero-order chi connectivity index (χ0) is 24.4. The number of halogens is 2. The molecule has 0 amide bonds. The first kappa shape index (κ1) is 24.1. The van der Waals surface area contributed by atoms with Gasteiger partial charge in [0, 0.05) is 53.8 Å². The summed E-state index contributed by atoms with van der Waals surface area (Å²) in [5.74, 6) is -0.121. The maximum atomic E-state index is 6.36. The Balaban J connectivity index is 1.12. The van der Waals surface area contributed by atoms with Crippen molar-refractivity contribution in [1.29, 1.82) is 0 Å². The summed E-state index contributed by atoms with van der Waals surface area (Å²) in [7, 11) is 0. The molecule has 6 nitrogen and oxygen atoms in total. The van der Waals surface area contributed by atoms with Crippen LogP contribution in [0.5, 0.6) is 5.75 Å². The molecule has 2 fully saturated rings. The minimum absolute atomic E-state index is 0.201. The van der Waals surface area contributed by atoms with Crippen LogP contribution in [-0.4, -0.2) is 45.5 Å². The van der Waals surface area contributed by atoms with Gasteiger partial charge in [0.2, 0.25) is 0 Å². The molecule has 0 unspecified atom stereocenters. The predicted molar refractivity (Wildman–Crippen MR) is 142 cm³/mol. The molecule has 2 atom stereocenters. The van der Waals surface area contributed by atoms with Crippen LogP contribution in [0.25, 0.3) is 0 Å². The van der Waals surface area contributed by atoms with Gasteiger partial charge in [-0.25, -0.2) is 0 Å². The average molecular weight is 514 g/mol. The number of nitrogen functional groups attached to an aromatic ring is 1. The number of ether oxygens (including phenoxy) is 3. The van der Waals surface area contributed by atoms with Gasteiger partial charge in [0.25, 0.3) is 0 Å². The van der Waals surface area contributed by atoms with Crippen LogP contribution < -0.4 is 20.3 Å². The van der Waals surface area contributed by atoms with Crippen molar-refractivity contribution in [3.8, 4) is 5.75 Å². The van der Waals surface area contributed by atoms with Crippen molar-refractivity contribution in [2.24, 2.45) is 0 Å². The normalized spacial score (nSPS) is 22.4. The first-order chi connectivity index (χ1) is 16.9. The van der Waals surface area contributed by atoms with E-state index in [1.807, 2.05) is 37.3 Å². The topological polar surface area (TPSA) is 60.2 Å². The van der Waals surface area contributed by atoms with E-state index in [0.717, 1.165) is 43.2 Å². The smallest absolute Gasteiger partial charge is 0.194 e. The third kappa shape index (κ3) is 5.46. The molecule has 2 aliphatic heterocycles. The van der Waals surface area contributed by atoms with E-state index in [1.165, 1.54) is 11.4 Å². The van der Waals surface area contributed by atoms with Crippen LogP contribution in [0, 0.1) is 0 Å². The van der Waals surface area contributed by atoms with Gasteiger partial charge in [-0.3, -0.25) is 0 Å². The summed E-state index contributed by atoms with van der Waals surface area (Å²) >= 11 is 12.4. The summed E-state index contributed by atoms with van der Waals surface area (Å²) in [6.45, 7) is 6.54. The van der Waals surface area contributed by atoms with E-state index < -0.39 is 5.79 Å². The molecule has 0 aromatic heterocycles. The zero-order valence-electron chi connectivity index (χ0n) is 19.6. The Kier molecular flexibility index (Phi) is 6.98. The summed E-state index contributed by atoms with van der Waals surface area (Å²) in [6.07, 6.45) is -0.201. The number of benzene rings is 3. The van der Waals surface area contributed by atoms with Gasteiger partial charge < -0.3 is 29.7 Å². The molecule has 3 aromatic rings.